The Bertz CT molecular complexity index is 224. The Morgan fingerprint density at radius 1 is 1.45 bits per heavy atom. The van der Waals surface area contributed by atoms with Gasteiger partial charge in [-0.15, -0.1) is 0 Å². The number of rotatable bonds is 0. The van der Waals surface area contributed by atoms with Crippen LogP contribution >= 0.6 is 0 Å². The fourth-order valence-corrected chi connectivity index (χ4v) is 3.25. The average molecular weight is 152 g/mol. The highest BCUT2D eigenvalue weighted by Crippen LogP contribution is 2.56. The minimum atomic E-state index is 0.0897. The maximum atomic E-state index is 11.2. The molecular weight excluding hydrogens is 140 g/mol. The summed E-state index contributed by atoms with van der Waals surface area (Å²) in [5, 5.41) is 0. The number of ether oxygens (including phenoxy) is 1. The lowest BCUT2D eigenvalue weighted by molar-refractivity contribution is -0.144. The van der Waals surface area contributed by atoms with Crippen LogP contribution in [0.4, 0.5) is 0 Å². The largest absolute Gasteiger partial charge is 0.462 e. The van der Waals surface area contributed by atoms with Gasteiger partial charge in [0.2, 0.25) is 0 Å². The van der Waals surface area contributed by atoms with Crippen LogP contribution in [0.1, 0.15) is 19.8 Å². The second-order valence-corrected chi connectivity index (χ2v) is 4.26. The van der Waals surface area contributed by atoms with Gasteiger partial charge in [-0.25, -0.2) is 0 Å². The summed E-state index contributed by atoms with van der Waals surface area (Å²) >= 11 is 0. The number of hydrogen-bond donors (Lipinski definition) is 0. The van der Waals surface area contributed by atoms with Crippen LogP contribution in [0.15, 0.2) is 0 Å². The van der Waals surface area contributed by atoms with E-state index in [0.29, 0.717) is 23.9 Å². The third-order valence-electron chi connectivity index (χ3n) is 3.89. The van der Waals surface area contributed by atoms with Crippen molar-refractivity contribution in [1.82, 2.24) is 0 Å². The van der Waals surface area contributed by atoms with Gasteiger partial charge in [0.05, 0.1) is 5.92 Å². The van der Waals surface area contributed by atoms with Gasteiger partial charge in [0.15, 0.2) is 0 Å². The predicted molar refractivity (Wildman–Crippen MR) is 38.7 cm³/mol. The molecule has 2 heteroatoms. The van der Waals surface area contributed by atoms with E-state index in [1.165, 1.54) is 6.42 Å². The van der Waals surface area contributed by atoms with E-state index in [0.717, 1.165) is 12.3 Å². The summed E-state index contributed by atoms with van der Waals surface area (Å²) < 4.78 is 5.31. The van der Waals surface area contributed by atoms with Crippen LogP contribution in [0.3, 0.4) is 0 Å². The molecule has 2 bridgehead atoms. The van der Waals surface area contributed by atoms with Crippen molar-refractivity contribution in [2.24, 2.45) is 23.7 Å². The van der Waals surface area contributed by atoms with Gasteiger partial charge < -0.3 is 4.74 Å². The molecule has 11 heavy (non-hydrogen) atoms. The number of hydrogen-bond acceptors (Lipinski definition) is 2. The van der Waals surface area contributed by atoms with E-state index >= 15 is 0 Å². The van der Waals surface area contributed by atoms with Crippen LogP contribution in [0.5, 0.6) is 0 Å². The van der Waals surface area contributed by atoms with Crippen LogP contribution < -0.4 is 0 Å². The Morgan fingerprint density at radius 3 is 2.91 bits per heavy atom. The van der Waals surface area contributed by atoms with Gasteiger partial charge >= 0.3 is 5.97 Å². The van der Waals surface area contributed by atoms with E-state index in [1.54, 1.807) is 0 Å². The van der Waals surface area contributed by atoms with Crippen molar-refractivity contribution in [3.63, 3.8) is 0 Å². The Labute approximate surface area is 65.9 Å². The lowest BCUT2D eigenvalue weighted by Gasteiger charge is -2.20. The number of esters is 1. The third kappa shape index (κ3) is 0.534. The molecule has 1 heterocycles. The zero-order valence-corrected chi connectivity index (χ0v) is 6.62. The van der Waals surface area contributed by atoms with E-state index in [-0.39, 0.29) is 5.97 Å². The molecule has 60 valence electrons. The van der Waals surface area contributed by atoms with Gasteiger partial charge in [-0.3, -0.25) is 4.79 Å². The molecule has 0 N–H and O–H groups in total. The molecule has 3 aliphatic rings. The van der Waals surface area contributed by atoms with Crippen molar-refractivity contribution in [3.8, 4) is 0 Å². The summed E-state index contributed by atoms with van der Waals surface area (Å²) in [7, 11) is 0. The molecule has 1 aliphatic heterocycles. The fraction of sp³-hybridized carbons (Fsp3) is 0.889. The van der Waals surface area contributed by atoms with Gasteiger partial charge in [0.25, 0.3) is 0 Å². The summed E-state index contributed by atoms with van der Waals surface area (Å²) in [5.74, 6) is 2.42. The Morgan fingerprint density at radius 2 is 2.27 bits per heavy atom. The second kappa shape index (κ2) is 1.62. The van der Waals surface area contributed by atoms with Crippen LogP contribution in [-0.2, 0) is 9.53 Å². The maximum Gasteiger partial charge on any atom is 0.309 e. The van der Waals surface area contributed by atoms with Crippen LogP contribution in [0.25, 0.3) is 0 Å². The molecule has 5 atom stereocenters. The molecule has 0 amide bonds. The quantitative estimate of drug-likeness (QED) is 0.487. The van der Waals surface area contributed by atoms with Crippen molar-refractivity contribution < 1.29 is 9.53 Å². The molecule has 2 nitrogen and oxygen atoms in total. The molecule has 4 unspecified atom stereocenters. The third-order valence-corrected chi connectivity index (χ3v) is 3.89. The Balaban J connectivity index is 2.04. The second-order valence-electron chi connectivity index (χ2n) is 4.26. The van der Waals surface area contributed by atoms with Crippen LogP contribution in [-0.4, -0.2) is 12.1 Å². The fourth-order valence-electron chi connectivity index (χ4n) is 3.25. The lowest BCUT2D eigenvalue weighted by atomic mass is 9.83. The Hall–Kier alpha value is -0.530. The molecule has 0 aromatic heterocycles. The van der Waals surface area contributed by atoms with Crippen molar-refractivity contribution >= 4 is 5.97 Å². The summed E-state index contributed by atoms with van der Waals surface area (Å²) in [6.45, 7) is 2.23. The smallest absolute Gasteiger partial charge is 0.309 e. The standard InChI is InChI=1S/C9H12O2/c1-4-5-2-6-7(3-5)9(10)11-8(4)6/h4-8H,2-3H2,1H3/t4-,5?,6?,7?,8?/m0/s1. The number of fused-ring (bicyclic) bond motifs is 1. The minimum Gasteiger partial charge on any atom is -0.462 e. The van der Waals surface area contributed by atoms with Gasteiger partial charge in [-0.2, -0.15) is 0 Å². The van der Waals surface area contributed by atoms with Crippen molar-refractivity contribution in [2.75, 3.05) is 0 Å². The van der Waals surface area contributed by atoms with E-state index in [1.807, 2.05) is 0 Å². The molecular formula is C9H12O2. The van der Waals surface area contributed by atoms with Crippen molar-refractivity contribution in [2.45, 2.75) is 25.9 Å². The average Bonchev–Trinajstić information content (AvgIpc) is 2.53. The molecule has 3 fully saturated rings. The minimum absolute atomic E-state index is 0.0897. The summed E-state index contributed by atoms with van der Waals surface area (Å²) in [4.78, 5) is 11.2. The first kappa shape index (κ1) is 6.04. The Kier molecular flexibility index (Phi) is 0.890. The van der Waals surface area contributed by atoms with E-state index in [4.69, 9.17) is 4.74 Å². The highest BCUT2D eigenvalue weighted by molar-refractivity contribution is 5.76. The van der Waals surface area contributed by atoms with E-state index < -0.39 is 0 Å². The van der Waals surface area contributed by atoms with Gasteiger partial charge in [-0.1, -0.05) is 6.92 Å². The zero-order valence-electron chi connectivity index (χ0n) is 6.62. The number of carbonyl (C=O) groups excluding carboxylic acids is 1. The highest BCUT2D eigenvalue weighted by atomic mass is 16.6. The van der Waals surface area contributed by atoms with Crippen molar-refractivity contribution in [3.05, 3.63) is 0 Å². The summed E-state index contributed by atoms with van der Waals surface area (Å²) in [5.41, 5.74) is 0. The zero-order chi connectivity index (χ0) is 7.59. The summed E-state index contributed by atoms with van der Waals surface area (Å²) in [6, 6.07) is 0. The molecule has 0 aromatic carbocycles. The van der Waals surface area contributed by atoms with Gasteiger partial charge in [-0.05, 0) is 24.7 Å². The molecule has 3 rings (SSSR count). The first-order valence-electron chi connectivity index (χ1n) is 4.48. The van der Waals surface area contributed by atoms with Gasteiger partial charge in [0, 0.05) is 5.92 Å². The SMILES string of the molecule is C[C@H]1C2CC3C(=O)OC1C3C2. The molecule has 2 saturated carbocycles. The van der Waals surface area contributed by atoms with Crippen LogP contribution in [0.2, 0.25) is 0 Å². The lowest BCUT2D eigenvalue weighted by Crippen LogP contribution is -2.24. The van der Waals surface area contributed by atoms with E-state index in [2.05, 4.69) is 6.92 Å². The van der Waals surface area contributed by atoms with Crippen molar-refractivity contribution in [1.29, 1.82) is 0 Å². The maximum absolute atomic E-state index is 11.2. The molecule has 0 radical (unpaired) electrons. The van der Waals surface area contributed by atoms with Gasteiger partial charge in [0.1, 0.15) is 6.10 Å². The topological polar surface area (TPSA) is 26.3 Å². The molecule has 2 aliphatic carbocycles. The molecule has 0 spiro atoms. The normalized spacial score (nSPS) is 58.6. The first-order chi connectivity index (χ1) is 5.27. The monoisotopic (exact) mass is 152 g/mol. The first-order valence-corrected chi connectivity index (χ1v) is 4.48. The number of carbonyl (C=O) groups is 1. The predicted octanol–water partition coefficient (Wildman–Crippen LogP) is 1.20. The van der Waals surface area contributed by atoms with E-state index in [9.17, 15) is 4.79 Å². The molecule has 0 aromatic rings. The molecule has 1 saturated heterocycles. The highest BCUT2D eigenvalue weighted by Gasteiger charge is 2.59. The summed E-state index contributed by atoms with van der Waals surface area (Å²) in [6.07, 6.45) is 2.66. The van der Waals surface area contributed by atoms with Crippen LogP contribution in [0, 0.1) is 23.7 Å².